The number of rotatable bonds is 3. The van der Waals surface area contributed by atoms with Gasteiger partial charge < -0.3 is 16.4 Å². The minimum atomic E-state index is -0.302. The number of hydrogen-bond donors (Lipinski definition) is 3. The number of anilines is 2. The molecule has 4 N–H and O–H groups in total. The molecule has 0 bridgehead atoms. The summed E-state index contributed by atoms with van der Waals surface area (Å²) in [5.74, 6) is 0. The smallest absolute Gasteiger partial charge is 0.323 e. The summed E-state index contributed by atoms with van der Waals surface area (Å²) in [6.45, 7) is 1.91. The molecule has 2 rings (SSSR count). The Bertz CT molecular complexity index is 644. The number of hydrogen-bond acceptors (Lipinski definition) is 2. The van der Waals surface area contributed by atoms with Crippen molar-refractivity contribution in [3.8, 4) is 0 Å². The van der Waals surface area contributed by atoms with Crippen LogP contribution in [-0.4, -0.2) is 6.03 Å². The van der Waals surface area contributed by atoms with Gasteiger partial charge in [0, 0.05) is 20.3 Å². The van der Waals surface area contributed by atoms with Crippen LogP contribution in [-0.2, 0) is 0 Å². The topological polar surface area (TPSA) is 67.1 Å². The van der Waals surface area contributed by atoms with Gasteiger partial charge in [-0.15, -0.1) is 0 Å². The molecule has 0 aliphatic heterocycles. The van der Waals surface area contributed by atoms with Crippen molar-refractivity contribution in [3.63, 3.8) is 0 Å². The molecule has 0 aromatic heterocycles. The standard InChI is InChI=1S/C15H15ClIN3O/c1-9(18)10-2-5-12(6-3-10)19-15(21)20-14-7-4-11(16)8-13(14)17/h2-9H,18H2,1H3,(H2,19,20,21). The average Bonchev–Trinajstić information content (AvgIpc) is 2.42. The maximum Gasteiger partial charge on any atom is 0.323 e. The quantitative estimate of drug-likeness (QED) is 0.641. The lowest BCUT2D eigenvalue weighted by molar-refractivity contribution is 0.262. The lowest BCUT2D eigenvalue weighted by Crippen LogP contribution is -2.20. The highest BCUT2D eigenvalue weighted by Gasteiger charge is 2.06. The molecule has 0 radical (unpaired) electrons. The summed E-state index contributed by atoms with van der Waals surface area (Å²) in [7, 11) is 0. The van der Waals surface area contributed by atoms with E-state index in [2.05, 4.69) is 33.2 Å². The number of carbonyl (C=O) groups excluding carboxylic acids is 1. The maximum absolute atomic E-state index is 12.0. The zero-order chi connectivity index (χ0) is 15.4. The molecular formula is C15H15ClIN3O. The van der Waals surface area contributed by atoms with Crippen molar-refractivity contribution in [3.05, 3.63) is 56.6 Å². The van der Waals surface area contributed by atoms with E-state index in [0.29, 0.717) is 16.4 Å². The minimum absolute atomic E-state index is 0.0245. The van der Waals surface area contributed by atoms with Crippen LogP contribution in [0, 0.1) is 3.57 Å². The average molecular weight is 416 g/mol. The summed E-state index contributed by atoms with van der Waals surface area (Å²) >= 11 is 8.00. The van der Waals surface area contributed by atoms with Crippen LogP contribution in [0.5, 0.6) is 0 Å². The van der Waals surface area contributed by atoms with Gasteiger partial charge in [0.15, 0.2) is 0 Å². The molecule has 4 nitrogen and oxygen atoms in total. The zero-order valence-electron chi connectivity index (χ0n) is 11.4. The number of nitrogens with two attached hydrogens (primary N) is 1. The molecule has 1 atom stereocenters. The number of benzene rings is 2. The molecule has 0 aliphatic rings. The normalized spacial score (nSPS) is 11.8. The molecule has 2 aromatic rings. The van der Waals surface area contributed by atoms with Crippen LogP contribution in [0.1, 0.15) is 18.5 Å². The van der Waals surface area contributed by atoms with Crippen LogP contribution >= 0.6 is 34.2 Å². The van der Waals surface area contributed by atoms with E-state index in [1.54, 1.807) is 18.2 Å². The lowest BCUT2D eigenvalue weighted by Gasteiger charge is -2.11. The second-order valence-corrected chi connectivity index (χ2v) is 6.21. The van der Waals surface area contributed by atoms with E-state index in [9.17, 15) is 4.79 Å². The first-order valence-corrected chi connectivity index (χ1v) is 7.80. The predicted molar refractivity (Wildman–Crippen MR) is 95.9 cm³/mol. The molecular weight excluding hydrogens is 401 g/mol. The Hall–Kier alpha value is -1.31. The molecule has 21 heavy (non-hydrogen) atoms. The molecule has 0 saturated carbocycles. The van der Waals surface area contributed by atoms with E-state index in [1.165, 1.54) is 0 Å². The Morgan fingerprint density at radius 1 is 1.19 bits per heavy atom. The molecule has 0 spiro atoms. The van der Waals surface area contributed by atoms with Crippen molar-refractivity contribution in [2.75, 3.05) is 10.6 Å². The fourth-order valence-electron chi connectivity index (χ4n) is 1.75. The van der Waals surface area contributed by atoms with E-state index in [0.717, 1.165) is 9.13 Å². The van der Waals surface area contributed by atoms with Crippen LogP contribution in [0.25, 0.3) is 0 Å². The highest BCUT2D eigenvalue weighted by atomic mass is 127. The SMILES string of the molecule is CC(N)c1ccc(NC(=O)Nc2ccc(Cl)cc2I)cc1. The summed E-state index contributed by atoms with van der Waals surface area (Å²) in [5.41, 5.74) is 8.23. The van der Waals surface area contributed by atoms with Crippen LogP contribution in [0.3, 0.4) is 0 Å². The molecule has 0 aliphatic carbocycles. The summed E-state index contributed by atoms with van der Waals surface area (Å²) < 4.78 is 0.877. The Balaban J connectivity index is 2.01. The van der Waals surface area contributed by atoms with E-state index < -0.39 is 0 Å². The van der Waals surface area contributed by atoms with Crippen LogP contribution in [0.15, 0.2) is 42.5 Å². The Kier molecular flexibility index (Phi) is 5.44. The van der Waals surface area contributed by atoms with Crippen LogP contribution in [0.2, 0.25) is 5.02 Å². The third-order valence-electron chi connectivity index (χ3n) is 2.87. The van der Waals surface area contributed by atoms with E-state index in [4.69, 9.17) is 17.3 Å². The number of urea groups is 1. The van der Waals surface area contributed by atoms with Crippen molar-refractivity contribution in [2.45, 2.75) is 13.0 Å². The van der Waals surface area contributed by atoms with E-state index in [-0.39, 0.29) is 12.1 Å². The molecule has 0 heterocycles. The Morgan fingerprint density at radius 2 is 1.86 bits per heavy atom. The number of amides is 2. The number of halogens is 2. The molecule has 2 aromatic carbocycles. The fourth-order valence-corrected chi connectivity index (χ4v) is 2.75. The third-order valence-corrected chi connectivity index (χ3v) is 4.00. The van der Waals surface area contributed by atoms with Crippen molar-refractivity contribution in [1.29, 1.82) is 0 Å². The van der Waals surface area contributed by atoms with Gasteiger partial charge in [0.2, 0.25) is 0 Å². The second kappa shape index (κ2) is 7.11. The zero-order valence-corrected chi connectivity index (χ0v) is 14.3. The van der Waals surface area contributed by atoms with Crippen molar-refractivity contribution in [2.24, 2.45) is 5.73 Å². The monoisotopic (exact) mass is 415 g/mol. The maximum atomic E-state index is 12.0. The summed E-state index contributed by atoms with van der Waals surface area (Å²) in [6, 6.07) is 12.4. The molecule has 0 fully saturated rings. The third kappa shape index (κ3) is 4.59. The molecule has 6 heteroatoms. The van der Waals surface area contributed by atoms with E-state index in [1.807, 2.05) is 31.2 Å². The van der Waals surface area contributed by atoms with Gasteiger partial charge in [-0.1, -0.05) is 23.7 Å². The first-order chi connectivity index (χ1) is 9.95. The second-order valence-electron chi connectivity index (χ2n) is 4.61. The van der Waals surface area contributed by atoms with E-state index >= 15 is 0 Å². The molecule has 2 amide bonds. The van der Waals surface area contributed by atoms with Gasteiger partial charge in [0.25, 0.3) is 0 Å². The highest BCUT2D eigenvalue weighted by molar-refractivity contribution is 14.1. The first kappa shape index (κ1) is 16.1. The van der Waals surface area contributed by atoms with Crippen LogP contribution in [0.4, 0.5) is 16.2 Å². The molecule has 0 saturated heterocycles. The van der Waals surface area contributed by atoms with Crippen molar-refractivity contribution in [1.82, 2.24) is 0 Å². The van der Waals surface area contributed by atoms with Gasteiger partial charge in [-0.2, -0.15) is 0 Å². The van der Waals surface area contributed by atoms with Gasteiger partial charge in [0.05, 0.1) is 5.69 Å². The van der Waals surface area contributed by atoms with Gasteiger partial charge in [-0.25, -0.2) is 4.79 Å². The van der Waals surface area contributed by atoms with Gasteiger partial charge in [-0.3, -0.25) is 0 Å². The Labute approximate surface area is 142 Å². The van der Waals surface area contributed by atoms with Crippen LogP contribution < -0.4 is 16.4 Å². The van der Waals surface area contributed by atoms with Gasteiger partial charge in [-0.05, 0) is 65.4 Å². The minimum Gasteiger partial charge on any atom is -0.324 e. The van der Waals surface area contributed by atoms with Gasteiger partial charge >= 0.3 is 6.03 Å². The first-order valence-electron chi connectivity index (χ1n) is 6.34. The summed E-state index contributed by atoms with van der Waals surface area (Å²) in [5, 5.41) is 6.19. The molecule has 1 unspecified atom stereocenters. The number of nitrogens with one attached hydrogen (secondary N) is 2. The number of carbonyl (C=O) groups is 1. The largest absolute Gasteiger partial charge is 0.324 e. The molecule has 110 valence electrons. The fraction of sp³-hybridized carbons (Fsp3) is 0.133. The highest BCUT2D eigenvalue weighted by Crippen LogP contribution is 2.22. The van der Waals surface area contributed by atoms with Gasteiger partial charge in [0.1, 0.15) is 0 Å². The Morgan fingerprint density at radius 3 is 2.43 bits per heavy atom. The van der Waals surface area contributed by atoms with Crippen molar-refractivity contribution < 1.29 is 4.79 Å². The lowest BCUT2D eigenvalue weighted by atomic mass is 10.1. The summed E-state index contributed by atoms with van der Waals surface area (Å²) in [6.07, 6.45) is 0. The van der Waals surface area contributed by atoms with Crippen molar-refractivity contribution >= 4 is 51.6 Å². The predicted octanol–water partition coefficient (Wildman–Crippen LogP) is 4.61. The summed E-state index contributed by atoms with van der Waals surface area (Å²) in [4.78, 5) is 12.0.